The number of aliphatic carboxylic acids is 1. The molecule has 0 fully saturated rings. The van der Waals surface area contributed by atoms with Crippen LogP contribution in [-0.2, 0) is 4.79 Å². The average molecular weight is 216 g/mol. The van der Waals surface area contributed by atoms with E-state index in [2.05, 4.69) is 0 Å². The van der Waals surface area contributed by atoms with Crippen LogP contribution in [0.1, 0.15) is 5.56 Å². The third kappa shape index (κ3) is 2.17. The number of hydrogen-bond acceptors (Lipinski definition) is 3. The molecule has 0 aliphatic rings. The van der Waals surface area contributed by atoms with Gasteiger partial charge in [-0.05, 0) is 29.8 Å². The van der Waals surface area contributed by atoms with Crippen molar-refractivity contribution in [3.05, 3.63) is 52.4 Å². The van der Waals surface area contributed by atoms with E-state index in [-0.39, 0.29) is 0 Å². The summed E-state index contributed by atoms with van der Waals surface area (Å²) < 4.78 is 4.95. The molecule has 0 saturated carbocycles. The lowest BCUT2D eigenvalue weighted by Crippen LogP contribution is -1.94. The molecular weight excluding hydrogens is 208 g/mol. The number of hydrogen-bond donors (Lipinski definition) is 1. The predicted molar refractivity (Wildman–Crippen MR) is 59.2 cm³/mol. The summed E-state index contributed by atoms with van der Waals surface area (Å²) >= 11 is 0. The van der Waals surface area contributed by atoms with Gasteiger partial charge in [0.2, 0.25) is 0 Å². The molecule has 0 unspecified atom stereocenters. The van der Waals surface area contributed by atoms with Gasteiger partial charge in [0, 0.05) is 17.5 Å². The van der Waals surface area contributed by atoms with E-state index in [1.807, 2.05) is 0 Å². The maximum absolute atomic E-state index is 10.9. The molecule has 0 radical (unpaired) electrons. The van der Waals surface area contributed by atoms with Crippen molar-refractivity contribution in [1.29, 1.82) is 0 Å². The number of fused-ring (bicyclic) bond motifs is 1. The van der Waals surface area contributed by atoms with Crippen molar-refractivity contribution in [3.63, 3.8) is 0 Å². The number of rotatable bonds is 2. The van der Waals surface area contributed by atoms with Gasteiger partial charge >= 0.3 is 11.6 Å². The van der Waals surface area contributed by atoms with Crippen molar-refractivity contribution in [3.8, 4) is 0 Å². The number of carboxylic acid groups (broad SMARTS) is 1. The first kappa shape index (κ1) is 10.2. The van der Waals surface area contributed by atoms with E-state index >= 15 is 0 Å². The molecule has 4 heteroatoms. The summed E-state index contributed by atoms with van der Waals surface area (Å²) in [6.07, 6.45) is 2.53. The van der Waals surface area contributed by atoms with E-state index in [4.69, 9.17) is 9.52 Å². The summed E-state index contributed by atoms with van der Waals surface area (Å²) in [7, 11) is 0. The van der Waals surface area contributed by atoms with Gasteiger partial charge in [-0.3, -0.25) is 0 Å². The Morgan fingerprint density at radius 2 is 2.06 bits per heavy atom. The summed E-state index contributed by atoms with van der Waals surface area (Å²) in [5, 5.41) is 9.23. The molecule has 1 aromatic heterocycles. The topological polar surface area (TPSA) is 67.5 Å². The van der Waals surface area contributed by atoms with Crippen LogP contribution in [0, 0.1) is 0 Å². The minimum atomic E-state index is -1.00. The molecule has 0 atom stereocenters. The molecule has 1 heterocycles. The Morgan fingerprint density at radius 1 is 1.25 bits per heavy atom. The summed E-state index contributed by atoms with van der Waals surface area (Å²) in [5.74, 6) is -1.00. The molecule has 0 spiro atoms. The first-order chi connectivity index (χ1) is 7.65. The first-order valence-electron chi connectivity index (χ1n) is 4.60. The summed E-state index contributed by atoms with van der Waals surface area (Å²) in [6, 6.07) is 8.03. The fourth-order valence-corrected chi connectivity index (χ4v) is 1.36. The second-order valence-electron chi connectivity index (χ2n) is 3.22. The molecule has 2 aromatic rings. The Bertz CT molecular complexity index is 622. The lowest BCUT2D eigenvalue weighted by atomic mass is 10.1. The fourth-order valence-electron chi connectivity index (χ4n) is 1.36. The molecule has 4 nitrogen and oxygen atoms in total. The van der Waals surface area contributed by atoms with Crippen LogP contribution >= 0.6 is 0 Å². The average Bonchev–Trinajstić information content (AvgIpc) is 2.26. The molecule has 16 heavy (non-hydrogen) atoms. The number of carbonyl (C=O) groups is 1. The molecular formula is C12H8O4. The third-order valence-corrected chi connectivity index (χ3v) is 2.06. The highest BCUT2D eigenvalue weighted by Gasteiger charge is 1.97. The fraction of sp³-hybridized carbons (Fsp3) is 0. The van der Waals surface area contributed by atoms with Crippen LogP contribution in [0.5, 0.6) is 0 Å². The zero-order chi connectivity index (χ0) is 11.5. The van der Waals surface area contributed by atoms with Crippen LogP contribution in [0.3, 0.4) is 0 Å². The smallest absolute Gasteiger partial charge is 0.336 e. The van der Waals surface area contributed by atoms with Crippen LogP contribution < -0.4 is 5.63 Å². The van der Waals surface area contributed by atoms with Crippen molar-refractivity contribution in [2.75, 3.05) is 0 Å². The lowest BCUT2D eigenvalue weighted by Gasteiger charge is -1.97. The minimum Gasteiger partial charge on any atom is -0.478 e. The molecule has 80 valence electrons. The van der Waals surface area contributed by atoms with Crippen molar-refractivity contribution >= 4 is 23.0 Å². The van der Waals surface area contributed by atoms with Gasteiger partial charge in [-0.2, -0.15) is 0 Å². The molecule has 1 N–H and O–H groups in total. The standard InChI is InChI=1S/C12H8O4/c13-11(14)5-2-8-1-4-10-9(7-8)3-6-12(15)16-10/h1-7H,(H,13,14)/b5-2+. The van der Waals surface area contributed by atoms with Gasteiger partial charge in [0.05, 0.1) is 0 Å². The Morgan fingerprint density at radius 3 is 2.81 bits per heavy atom. The van der Waals surface area contributed by atoms with E-state index in [0.29, 0.717) is 5.58 Å². The maximum Gasteiger partial charge on any atom is 0.336 e. The van der Waals surface area contributed by atoms with Crippen molar-refractivity contribution < 1.29 is 14.3 Å². The van der Waals surface area contributed by atoms with Crippen LogP contribution in [-0.4, -0.2) is 11.1 Å². The van der Waals surface area contributed by atoms with Gasteiger partial charge in [-0.15, -0.1) is 0 Å². The minimum absolute atomic E-state index is 0.402. The van der Waals surface area contributed by atoms with Crippen LogP contribution in [0.25, 0.3) is 17.0 Å². The Kier molecular flexibility index (Phi) is 2.55. The SMILES string of the molecule is O=C(O)/C=C/c1ccc2oc(=O)ccc2c1. The summed E-state index contributed by atoms with van der Waals surface area (Å²) in [5.41, 5.74) is 0.824. The van der Waals surface area contributed by atoms with E-state index in [0.717, 1.165) is 17.0 Å². The zero-order valence-electron chi connectivity index (χ0n) is 8.21. The summed E-state index contributed by atoms with van der Waals surface area (Å²) in [4.78, 5) is 21.3. The van der Waals surface area contributed by atoms with Crippen LogP contribution in [0.4, 0.5) is 0 Å². The normalized spacial score (nSPS) is 11.0. The van der Waals surface area contributed by atoms with Gasteiger partial charge in [0.15, 0.2) is 0 Å². The lowest BCUT2D eigenvalue weighted by molar-refractivity contribution is -0.131. The van der Waals surface area contributed by atoms with Gasteiger partial charge in [0.1, 0.15) is 5.58 Å². The highest BCUT2D eigenvalue weighted by atomic mass is 16.4. The van der Waals surface area contributed by atoms with E-state index in [1.165, 1.54) is 12.1 Å². The van der Waals surface area contributed by atoms with Crippen molar-refractivity contribution in [1.82, 2.24) is 0 Å². The van der Waals surface area contributed by atoms with Crippen LogP contribution in [0.2, 0.25) is 0 Å². The molecule has 1 aromatic carbocycles. The van der Waals surface area contributed by atoms with Gasteiger partial charge in [-0.25, -0.2) is 9.59 Å². The predicted octanol–water partition coefficient (Wildman–Crippen LogP) is 1.89. The Hall–Kier alpha value is -2.36. The largest absolute Gasteiger partial charge is 0.478 e. The van der Waals surface area contributed by atoms with Crippen LogP contribution in [0.15, 0.2) is 45.6 Å². The quantitative estimate of drug-likeness (QED) is 0.614. The third-order valence-electron chi connectivity index (χ3n) is 2.06. The molecule has 2 rings (SSSR count). The van der Waals surface area contributed by atoms with Gasteiger partial charge in [0.25, 0.3) is 0 Å². The second-order valence-corrected chi connectivity index (χ2v) is 3.22. The Balaban J connectivity index is 2.48. The molecule has 0 saturated heterocycles. The first-order valence-corrected chi connectivity index (χ1v) is 4.60. The van der Waals surface area contributed by atoms with Crippen molar-refractivity contribution in [2.24, 2.45) is 0 Å². The number of carboxylic acids is 1. The van der Waals surface area contributed by atoms with Gasteiger partial charge in [-0.1, -0.05) is 6.07 Å². The second kappa shape index (κ2) is 4.02. The highest BCUT2D eigenvalue weighted by molar-refractivity contribution is 5.87. The number of benzene rings is 1. The maximum atomic E-state index is 10.9. The highest BCUT2D eigenvalue weighted by Crippen LogP contribution is 2.14. The molecule has 0 aliphatic heterocycles. The van der Waals surface area contributed by atoms with E-state index < -0.39 is 11.6 Å². The van der Waals surface area contributed by atoms with E-state index in [1.54, 1.807) is 24.3 Å². The zero-order valence-corrected chi connectivity index (χ0v) is 8.21. The Labute approximate surface area is 90.4 Å². The molecule has 0 amide bonds. The molecule has 0 bridgehead atoms. The molecule has 0 aliphatic carbocycles. The van der Waals surface area contributed by atoms with Crippen molar-refractivity contribution in [2.45, 2.75) is 0 Å². The van der Waals surface area contributed by atoms with E-state index in [9.17, 15) is 9.59 Å². The summed E-state index contributed by atoms with van der Waals surface area (Å²) in [6.45, 7) is 0. The van der Waals surface area contributed by atoms with Gasteiger partial charge < -0.3 is 9.52 Å². The monoisotopic (exact) mass is 216 g/mol.